The van der Waals surface area contributed by atoms with Gasteiger partial charge in [0.25, 0.3) is 0 Å². The lowest BCUT2D eigenvalue weighted by atomic mass is 9.76. The van der Waals surface area contributed by atoms with E-state index in [0.29, 0.717) is 0 Å². The van der Waals surface area contributed by atoms with Crippen molar-refractivity contribution in [3.63, 3.8) is 0 Å². The minimum absolute atomic E-state index is 0.108. The topological polar surface area (TPSA) is 38.0 Å². The summed E-state index contributed by atoms with van der Waals surface area (Å²) in [5.74, 6) is 8.04. The maximum Gasteiger partial charge on any atom is 0.123 e. The van der Waals surface area contributed by atoms with E-state index in [4.69, 9.17) is 12.3 Å². The zero-order valence-corrected chi connectivity index (χ0v) is 11.0. The molecule has 0 saturated heterocycles. The second kappa shape index (κ2) is 6.53. The highest BCUT2D eigenvalue weighted by molar-refractivity contribution is 5.26. The highest BCUT2D eigenvalue weighted by Gasteiger charge is 2.30. The van der Waals surface area contributed by atoms with Crippen LogP contribution in [-0.4, -0.2) is 6.04 Å². The van der Waals surface area contributed by atoms with E-state index in [2.05, 4.69) is 25.2 Å². The Morgan fingerprint density at radius 2 is 2.00 bits per heavy atom. The molecule has 0 fully saturated rings. The molecule has 0 aliphatic rings. The van der Waals surface area contributed by atoms with Gasteiger partial charge in [-0.1, -0.05) is 26.0 Å². The van der Waals surface area contributed by atoms with Crippen molar-refractivity contribution in [2.24, 2.45) is 5.84 Å². The maximum atomic E-state index is 12.9. The van der Waals surface area contributed by atoms with E-state index in [1.807, 2.05) is 0 Å². The fourth-order valence-electron chi connectivity index (χ4n) is 2.14. The standard InChI is InChI=1S/C15H21FN2/c1-4-5-6-7-14(18-17)15(2,3)12-8-10-13(16)11-9-12/h1,8-11,14,18H,5-7,17H2,2-3H3. The van der Waals surface area contributed by atoms with E-state index in [1.54, 1.807) is 12.1 Å². The SMILES string of the molecule is C#CCCCC(NN)C(C)(C)c1ccc(F)cc1. The number of hydrogen-bond acceptors (Lipinski definition) is 2. The summed E-state index contributed by atoms with van der Waals surface area (Å²) < 4.78 is 12.9. The fraction of sp³-hybridized carbons (Fsp3) is 0.467. The molecular formula is C15H21FN2. The van der Waals surface area contributed by atoms with Gasteiger partial charge in [0, 0.05) is 17.9 Å². The smallest absolute Gasteiger partial charge is 0.123 e. The summed E-state index contributed by atoms with van der Waals surface area (Å²) in [4.78, 5) is 0. The summed E-state index contributed by atoms with van der Waals surface area (Å²) in [6.07, 6.45) is 7.82. The van der Waals surface area contributed by atoms with Gasteiger partial charge in [0.05, 0.1) is 0 Å². The van der Waals surface area contributed by atoms with Crippen molar-refractivity contribution in [1.82, 2.24) is 5.43 Å². The molecule has 0 spiro atoms. The zero-order valence-electron chi connectivity index (χ0n) is 11.0. The predicted octanol–water partition coefficient (Wildman–Crippen LogP) is 2.74. The lowest BCUT2D eigenvalue weighted by molar-refractivity contribution is 0.321. The number of unbranched alkanes of at least 4 members (excludes halogenated alkanes) is 1. The molecule has 0 heterocycles. The van der Waals surface area contributed by atoms with Crippen LogP contribution < -0.4 is 11.3 Å². The third kappa shape index (κ3) is 3.56. The summed E-state index contributed by atoms with van der Waals surface area (Å²) in [6.45, 7) is 4.20. The van der Waals surface area contributed by atoms with Gasteiger partial charge in [-0.25, -0.2) is 4.39 Å². The van der Waals surface area contributed by atoms with E-state index in [9.17, 15) is 4.39 Å². The van der Waals surface area contributed by atoms with Gasteiger partial charge in [-0.15, -0.1) is 12.3 Å². The van der Waals surface area contributed by atoms with Gasteiger partial charge in [0.15, 0.2) is 0 Å². The number of benzene rings is 1. The number of nitrogens with one attached hydrogen (secondary N) is 1. The highest BCUT2D eigenvalue weighted by atomic mass is 19.1. The molecule has 0 saturated carbocycles. The molecule has 0 amide bonds. The largest absolute Gasteiger partial charge is 0.271 e. The summed E-state index contributed by atoms with van der Waals surface area (Å²) in [5.41, 5.74) is 3.74. The molecule has 3 N–H and O–H groups in total. The third-order valence-corrected chi connectivity index (χ3v) is 3.47. The van der Waals surface area contributed by atoms with Crippen molar-refractivity contribution >= 4 is 0 Å². The minimum atomic E-state index is -0.223. The van der Waals surface area contributed by atoms with Crippen LogP contribution in [0.25, 0.3) is 0 Å². The van der Waals surface area contributed by atoms with Crippen LogP contribution in [0.3, 0.4) is 0 Å². The molecular weight excluding hydrogens is 227 g/mol. The molecule has 0 aromatic heterocycles. The summed E-state index contributed by atoms with van der Waals surface area (Å²) in [5, 5.41) is 0. The van der Waals surface area contributed by atoms with Crippen molar-refractivity contribution in [3.8, 4) is 12.3 Å². The number of terminal acetylenes is 1. The molecule has 0 aliphatic heterocycles. The first-order valence-electron chi connectivity index (χ1n) is 6.18. The molecule has 18 heavy (non-hydrogen) atoms. The van der Waals surface area contributed by atoms with Crippen molar-refractivity contribution in [1.29, 1.82) is 0 Å². The number of halogens is 1. The monoisotopic (exact) mass is 248 g/mol. The van der Waals surface area contributed by atoms with Gasteiger partial charge in [-0.3, -0.25) is 11.3 Å². The Labute approximate surface area is 109 Å². The normalized spacial score (nSPS) is 13.1. The Balaban J connectivity index is 2.81. The lowest BCUT2D eigenvalue weighted by Crippen LogP contribution is -2.48. The number of hydrazine groups is 1. The molecule has 98 valence electrons. The molecule has 1 aromatic carbocycles. The molecule has 1 atom stereocenters. The summed E-state index contributed by atoms with van der Waals surface area (Å²) >= 11 is 0. The molecule has 1 rings (SSSR count). The van der Waals surface area contributed by atoms with E-state index in [0.717, 1.165) is 24.8 Å². The first kappa shape index (κ1) is 14.7. The van der Waals surface area contributed by atoms with E-state index in [-0.39, 0.29) is 17.3 Å². The van der Waals surface area contributed by atoms with Gasteiger partial charge in [0.1, 0.15) is 5.82 Å². The molecule has 2 nitrogen and oxygen atoms in total. The van der Waals surface area contributed by atoms with Crippen molar-refractivity contribution in [2.45, 2.75) is 44.6 Å². The van der Waals surface area contributed by atoms with E-state index < -0.39 is 0 Å². The average Bonchev–Trinajstić information content (AvgIpc) is 2.35. The summed E-state index contributed by atoms with van der Waals surface area (Å²) in [6, 6.07) is 6.68. The Kier molecular flexibility index (Phi) is 5.33. The summed E-state index contributed by atoms with van der Waals surface area (Å²) in [7, 11) is 0. The van der Waals surface area contributed by atoms with Crippen LogP contribution in [0.5, 0.6) is 0 Å². The van der Waals surface area contributed by atoms with E-state index in [1.165, 1.54) is 12.1 Å². The molecule has 1 unspecified atom stereocenters. The molecule has 0 bridgehead atoms. The van der Waals surface area contributed by atoms with Gasteiger partial charge < -0.3 is 0 Å². The first-order valence-corrected chi connectivity index (χ1v) is 6.18. The van der Waals surface area contributed by atoms with Crippen LogP contribution in [0.1, 0.15) is 38.7 Å². The molecule has 0 aliphatic carbocycles. The van der Waals surface area contributed by atoms with E-state index >= 15 is 0 Å². The Morgan fingerprint density at radius 1 is 1.39 bits per heavy atom. The molecule has 3 heteroatoms. The first-order chi connectivity index (χ1) is 8.52. The van der Waals surface area contributed by atoms with Gasteiger partial charge in [0.2, 0.25) is 0 Å². The highest BCUT2D eigenvalue weighted by Crippen LogP contribution is 2.29. The zero-order chi connectivity index (χ0) is 13.6. The average molecular weight is 248 g/mol. The fourth-order valence-corrected chi connectivity index (χ4v) is 2.14. The van der Waals surface area contributed by atoms with Gasteiger partial charge in [-0.05, 0) is 30.5 Å². The van der Waals surface area contributed by atoms with Crippen LogP contribution in [0, 0.1) is 18.2 Å². The van der Waals surface area contributed by atoms with Crippen LogP contribution >= 0.6 is 0 Å². The number of rotatable bonds is 6. The van der Waals surface area contributed by atoms with Crippen LogP contribution in [-0.2, 0) is 5.41 Å². The van der Waals surface area contributed by atoms with Crippen LogP contribution in [0.4, 0.5) is 4.39 Å². The predicted molar refractivity (Wildman–Crippen MR) is 73.2 cm³/mol. The lowest BCUT2D eigenvalue weighted by Gasteiger charge is -2.34. The van der Waals surface area contributed by atoms with Crippen LogP contribution in [0.2, 0.25) is 0 Å². The van der Waals surface area contributed by atoms with Crippen molar-refractivity contribution in [3.05, 3.63) is 35.6 Å². The Morgan fingerprint density at radius 3 is 2.50 bits per heavy atom. The van der Waals surface area contributed by atoms with Crippen LogP contribution in [0.15, 0.2) is 24.3 Å². The number of hydrogen-bond donors (Lipinski definition) is 2. The van der Waals surface area contributed by atoms with Crippen molar-refractivity contribution in [2.75, 3.05) is 0 Å². The number of nitrogens with two attached hydrogens (primary N) is 1. The Hall–Kier alpha value is -1.37. The quantitative estimate of drug-likeness (QED) is 0.351. The molecule has 1 aromatic rings. The second-order valence-corrected chi connectivity index (χ2v) is 5.04. The van der Waals surface area contributed by atoms with Crippen molar-refractivity contribution < 1.29 is 4.39 Å². The minimum Gasteiger partial charge on any atom is -0.271 e. The van der Waals surface area contributed by atoms with Gasteiger partial charge >= 0.3 is 0 Å². The maximum absolute atomic E-state index is 12.9. The Bertz CT molecular complexity index is 403. The second-order valence-electron chi connectivity index (χ2n) is 5.04. The third-order valence-electron chi connectivity index (χ3n) is 3.47. The van der Waals surface area contributed by atoms with Gasteiger partial charge in [-0.2, -0.15) is 0 Å². The molecule has 0 radical (unpaired) electrons.